The maximum Gasteiger partial charge on any atom is 0.129 e. The van der Waals surface area contributed by atoms with E-state index in [1.165, 1.54) is 6.07 Å². The fourth-order valence-electron chi connectivity index (χ4n) is 2.84. The molecule has 1 aromatic carbocycles. The lowest BCUT2D eigenvalue weighted by Gasteiger charge is -2.30. The van der Waals surface area contributed by atoms with Crippen molar-refractivity contribution in [2.75, 3.05) is 0 Å². The molecule has 0 aliphatic carbocycles. The zero-order valence-corrected chi connectivity index (χ0v) is 15.3. The van der Waals surface area contributed by atoms with Crippen LogP contribution >= 0.6 is 15.9 Å². The molecule has 0 bridgehead atoms. The predicted molar refractivity (Wildman–Crippen MR) is 92.5 cm³/mol. The molecule has 4 heteroatoms. The van der Waals surface area contributed by atoms with Crippen molar-refractivity contribution >= 4 is 15.9 Å². The van der Waals surface area contributed by atoms with Crippen LogP contribution in [-0.4, -0.2) is 9.55 Å². The fourth-order valence-corrected chi connectivity index (χ4v) is 3.17. The molecule has 2 aromatic rings. The zero-order valence-electron chi connectivity index (χ0n) is 13.7. The molecule has 0 saturated heterocycles. The second-order valence-corrected chi connectivity index (χ2v) is 7.77. The van der Waals surface area contributed by atoms with E-state index in [0.29, 0.717) is 18.0 Å². The van der Waals surface area contributed by atoms with Crippen LogP contribution in [0.25, 0.3) is 0 Å². The maximum atomic E-state index is 14.1. The van der Waals surface area contributed by atoms with Gasteiger partial charge in [0, 0.05) is 28.3 Å². The number of hydrogen-bond acceptors (Lipinski definition) is 1. The summed E-state index contributed by atoms with van der Waals surface area (Å²) in [4.78, 5) is 4.58. The highest BCUT2D eigenvalue weighted by Crippen LogP contribution is 2.37. The standard InChI is InChI=1S/C18H24BrFN2/c1-5-6-15(18(2,3)4)17-21-9-10-22(17)12-13-7-8-14(19)11-16(13)20/h7-11,15H,5-6,12H2,1-4H3. The summed E-state index contributed by atoms with van der Waals surface area (Å²) in [6.45, 7) is 9.44. The van der Waals surface area contributed by atoms with E-state index in [1.54, 1.807) is 0 Å². The van der Waals surface area contributed by atoms with E-state index in [2.05, 4.69) is 53.2 Å². The Morgan fingerprint density at radius 3 is 2.64 bits per heavy atom. The second-order valence-electron chi connectivity index (χ2n) is 6.86. The minimum absolute atomic E-state index is 0.136. The average Bonchev–Trinajstić information content (AvgIpc) is 2.85. The van der Waals surface area contributed by atoms with Crippen LogP contribution in [0.4, 0.5) is 4.39 Å². The molecule has 1 unspecified atom stereocenters. The van der Waals surface area contributed by atoms with Crippen molar-refractivity contribution in [1.82, 2.24) is 9.55 Å². The van der Waals surface area contributed by atoms with Gasteiger partial charge in [0.1, 0.15) is 11.6 Å². The first kappa shape index (κ1) is 17.2. The molecular formula is C18H24BrFN2. The van der Waals surface area contributed by atoms with E-state index in [9.17, 15) is 4.39 Å². The van der Waals surface area contributed by atoms with Gasteiger partial charge in [-0.25, -0.2) is 9.37 Å². The molecule has 0 N–H and O–H groups in total. The van der Waals surface area contributed by atoms with Crippen molar-refractivity contribution in [3.63, 3.8) is 0 Å². The monoisotopic (exact) mass is 366 g/mol. The Balaban J connectivity index is 2.32. The summed E-state index contributed by atoms with van der Waals surface area (Å²) in [6.07, 6.45) is 5.97. The lowest BCUT2D eigenvalue weighted by atomic mass is 9.77. The zero-order chi connectivity index (χ0) is 16.3. The third kappa shape index (κ3) is 3.97. The van der Waals surface area contributed by atoms with E-state index >= 15 is 0 Å². The van der Waals surface area contributed by atoms with Gasteiger partial charge in [0.25, 0.3) is 0 Å². The first-order valence-electron chi connectivity index (χ1n) is 7.78. The summed E-state index contributed by atoms with van der Waals surface area (Å²) in [6, 6.07) is 5.22. The van der Waals surface area contributed by atoms with Crippen molar-refractivity contribution in [3.8, 4) is 0 Å². The summed E-state index contributed by atoms with van der Waals surface area (Å²) >= 11 is 3.30. The topological polar surface area (TPSA) is 17.8 Å². The van der Waals surface area contributed by atoms with Crippen LogP contribution in [-0.2, 0) is 6.54 Å². The molecule has 0 spiro atoms. The number of nitrogens with zero attached hydrogens (tertiary/aromatic N) is 2. The fraction of sp³-hybridized carbons (Fsp3) is 0.500. The number of halogens is 2. The highest BCUT2D eigenvalue weighted by Gasteiger charge is 2.29. The van der Waals surface area contributed by atoms with E-state index < -0.39 is 0 Å². The van der Waals surface area contributed by atoms with Gasteiger partial charge in [-0.2, -0.15) is 0 Å². The van der Waals surface area contributed by atoms with Gasteiger partial charge in [0.05, 0.1) is 6.54 Å². The summed E-state index contributed by atoms with van der Waals surface area (Å²) in [5.41, 5.74) is 0.823. The number of hydrogen-bond donors (Lipinski definition) is 0. The van der Waals surface area contributed by atoms with E-state index in [0.717, 1.165) is 23.1 Å². The van der Waals surface area contributed by atoms with Gasteiger partial charge in [-0.3, -0.25) is 0 Å². The third-order valence-corrected chi connectivity index (χ3v) is 4.53. The minimum atomic E-state index is -0.183. The van der Waals surface area contributed by atoms with Gasteiger partial charge >= 0.3 is 0 Å². The van der Waals surface area contributed by atoms with Crippen molar-refractivity contribution in [3.05, 3.63) is 52.3 Å². The van der Waals surface area contributed by atoms with Crippen molar-refractivity contribution in [2.45, 2.75) is 53.0 Å². The van der Waals surface area contributed by atoms with Crippen LogP contribution in [0, 0.1) is 11.2 Å². The van der Waals surface area contributed by atoms with Gasteiger partial charge in [-0.05, 0) is 24.0 Å². The molecule has 2 rings (SSSR count). The Hall–Kier alpha value is -1.16. The largest absolute Gasteiger partial charge is 0.330 e. The smallest absolute Gasteiger partial charge is 0.129 e. The third-order valence-electron chi connectivity index (χ3n) is 4.04. The summed E-state index contributed by atoms with van der Waals surface area (Å²) in [5, 5.41) is 0. The summed E-state index contributed by atoms with van der Waals surface area (Å²) in [7, 11) is 0. The van der Waals surface area contributed by atoms with Crippen molar-refractivity contribution in [2.24, 2.45) is 5.41 Å². The Kier molecular flexibility index (Phi) is 5.43. The Bertz CT molecular complexity index is 628. The van der Waals surface area contributed by atoms with Crippen LogP contribution in [0.3, 0.4) is 0 Å². The minimum Gasteiger partial charge on any atom is -0.330 e. The van der Waals surface area contributed by atoms with Crippen LogP contribution in [0.15, 0.2) is 35.1 Å². The molecule has 0 aliphatic rings. The average molecular weight is 367 g/mol. The molecule has 0 saturated carbocycles. The van der Waals surface area contributed by atoms with Gasteiger partial charge in [0.15, 0.2) is 0 Å². The SMILES string of the molecule is CCCC(c1nccn1Cc1ccc(Br)cc1F)C(C)(C)C. The molecule has 1 heterocycles. The van der Waals surface area contributed by atoms with Crippen LogP contribution in [0.1, 0.15) is 57.8 Å². The number of rotatable bonds is 5. The first-order valence-corrected chi connectivity index (χ1v) is 8.57. The normalized spacial score (nSPS) is 13.4. The van der Waals surface area contributed by atoms with Gasteiger partial charge < -0.3 is 4.57 Å². The highest BCUT2D eigenvalue weighted by molar-refractivity contribution is 9.10. The van der Waals surface area contributed by atoms with Crippen molar-refractivity contribution in [1.29, 1.82) is 0 Å². The van der Waals surface area contributed by atoms with E-state index in [-0.39, 0.29) is 11.2 Å². The van der Waals surface area contributed by atoms with Crippen LogP contribution in [0.5, 0.6) is 0 Å². The van der Waals surface area contributed by atoms with Gasteiger partial charge in [-0.15, -0.1) is 0 Å². The van der Waals surface area contributed by atoms with E-state index in [4.69, 9.17) is 0 Å². The lowest BCUT2D eigenvalue weighted by molar-refractivity contribution is 0.286. The Morgan fingerprint density at radius 1 is 1.32 bits per heavy atom. The first-order chi connectivity index (χ1) is 10.3. The molecule has 2 nitrogen and oxygen atoms in total. The Morgan fingerprint density at radius 2 is 2.05 bits per heavy atom. The highest BCUT2D eigenvalue weighted by atomic mass is 79.9. The summed E-state index contributed by atoms with van der Waals surface area (Å²) < 4.78 is 16.9. The maximum absolute atomic E-state index is 14.1. The molecule has 22 heavy (non-hydrogen) atoms. The van der Waals surface area contributed by atoms with Gasteiger partial charge in [0.2, 0.25) is 0 Å². The van der Waals surface area contributed by atoms with Crippen molar-refractivity contribution < 1.29 is 4.39 Å². The summed E-state index contributed by atoms with van der Waals surface area (Å²) in [5.74, 6) is 1.24. The predicted octanol–water partition coefficient (Wildman–Crippen LogP) is 5.76. The second kappa shape index (κ2) is 6.95. The van der Waals surface area contributed by atoms with Crippen LogP contribution in [0.2, 0.25) is 0 Å². The quantitative estimate of drug-likeness (QED) is 0.657. The molecule has 1 atom stereocenters. The number of imidazole rings is 1. The number of aromatic nitrogens is 2. The van der Waals surface area contributed by atoms with E-state index in [1.807, 2.05) is 24.5 Å². The molecule has 120 valence electrons. The molecule has 0 aliphatic heterocycles. The molecule has 0 amide bonds. The lowest BCUT2D eigenvalue weighted by Crippen LogP contribution is -2.22. The molecule has 0 fully saturated rings. The molecule has 0 radical (unpaired) electrons. The molecule has 1 aromatic heterocycles. The van der Waals surface area contributed by atoms with Gasteiger partial charge in [-0.1, -0.05) is 56.1 Å². The molecular weight excluding hydrogens is 343 g/mol. The van der Waals surface area contributed by atoms with Crippen LogP contribution < -0.4 is 0 Å². The Labute approximate surface area is 140 Å². The number of benzene rings is 1.